The van der Waals surface area contributed by atoms with Crippen LogP contribution in [-0.2, 0) is 14.3 Å². The molecule has 0 saturated carbocycles. The Labute approximate surface area is 143 Å². The number of carbonyl (C=O) groups is 2. The highest BCUT2D eigenvalue weighted by Gasteiger charge is 2.43. The summed E-state index contributed by atoms with van der Waals surface area (Å²) >= 11 is 0. The van der Waals surface area contributed by atoms with Gasteiger partial charge < -0.3 is 15.2 Å². The van der Waals surface area contributed by atoms with E-state index in [0.29, 0.717) is 0 Å². The molecule has 1 heterocycles. The Hall–Kier alpha value is -2.09. The number of ether oxygens (including phenoxy) is 1. The van der Waals surface area contributed by atoms with Crippen molar-refractivity contribution in [2.24, 2.45) is 5.41 Å². The van der Waals surface area contributed by atoms with Gasteiger partial charge in [-0.05, 0) is 18.4 Å². The predicted octanol–water partition coefficient (Wildman–Crippen LogP) is 2.72. The molecule has 1 aliphatic heterocycles. The first-order valence-corrected chi connectivity index (χ1v) is 7.94. The fourth-order valence-electron chi connectivity index (χ4n) is 2.86. The Morgan fingerprint density at radius 2 is 1.80 bits per heavy atom. The molecule has 2 rings (SSSR count). The molecule has 5 nitrogen and oxygen atoms in total. The Morgan fingerprint density at radius 1 is 1.20 bits per heavy atom. The number of alkyl halides is 3. The zero-order chi connectivity index (χ0) is 18.5. The molecule has 1 unspecified atom stereocenters. The molecule has 1 atom stereocenters. The summed E-state index contributed by atoms with van der Waals surface area (Å²) in [5, 5.41) is 11.8. The van der Waals surface area contributed by atoms with Gasteiger partial charge in [-0.3, -0.25) is 9.59 Å². The van der Waals surface area contributed by atoms with E-state index in [-0.39, 0.29) is 38.2 Å². The van der Waals surface area contributed by atoms with Crippen molar-refractivity contribution in [1.29, 1.82) is 0 Å². The van der Waals surface area contributed by atoms with E-state index in [0.717, 1.165) is 0 Å². The molecule has 1 fully saturated rings. The number of halogens is 3. The molecule has 0 spiro atoms. The van der Waals surface area contributed by atoms with Gasteiger partial charge in [-0.15, -0.1) is 0 Å². The van der Waals surface area contributed by atoms with Crippen LogP contribution in [0.1, 0.15) is 30.7 Å². The van der Waals surface area contributed by atoms with Gasteiger partial charge in [0, 0.05) is 26.2 Å². The molecule has 0 aliphatic carbocycles. The topological polar surface area (TPSA) is 75.6 Å². The molecule has 2 N–H and O–H groups in total. The minimum Gasteiger partial charge on any atom is -0.481 e. The normalized spacial score (nSPS) is 18.4. The lowest BCUT2D eigenvalue weighted by Crippen LogP contribution is -2.47. The average molecular weight is 359 g/mol. The van der Waals surface area contributed by atoms with Crippen molar-refractivity contribution in [2.75, 3.05) is 19.8 Å². The number of benzene rings is 1. The monoisotopic (exact) mass is 359 g/mol. The second-order valence-electron chi connectivity index (χ2n) is 6.18. The number of hydrogen-bond acceptors (Lipinski definition) is 3. The molecule has 0 bridgehead atoms. The summed E-state index contributed by atoms with van der Waals surface area (Å²) < 4.78 is 44.9. The van der Waals surface area contributed by atoms with Crippen molar-refractivity contribution in [3.8, 4) is 0 Å². The fraction of sp³-hybridized carbons (Fsp3) is 0.529. The van der Waals surface area contributed by atoms with E-state index in [1.807, 2.05) is 0 Å². The van der Waals surface area contributed by atoms with Crippen LogP contribution in [0.4, 0.5) is 13.2 Å². The van der Waals surface area contributed by atoms with E-state index in [2.05, 4.69) is 5.32 Å². The minimum atomic E-state index is -4.57. The molecule has 1 aromatic carbocycles. The first-order chi connectivity index (χ1) is 11.7. The molecule has 0 radical (unpaired) electrons. The number of carboxylic acids is 1. The number of rotatable bonds is 6. The van der Waals surface area contributed by atoms with Crippen LogP contribution in [0.2, 0.25) is 0 Å². The van der Waals surface area contributed by atoms with Gasteiger partial charge in [0.05, 0.1) is 11.3 Å². The summed E-state index contributed by atoms with van der Waals surface area (Å²) in [5.74, 6) is -3.83. The maximum atomic E-state index is 13.3. The lowest BCUT2D eigenvalue weighted by molar-refractivity contribution is -0.159. The third kappa shape index (κ3) is 4.94. The maximum absolute atomic E-state index is 13.3. The van der Waals surface area contributed by atoms with Crippen LogP contribution >= 0.6 is 0 Å². The van der Waals surface area contributed by atoms with E-state index < -0.39 is 35.8 Å². The summed E-state index contributed by atoms with van der Waals surface area (Å²) in [4.78, 5) is 23.6. The van der Waals surface area contributed by atoms with Gasteiger partial charge in [-0.1, -0.05) is 30.3 Å². The van der Waals surface area contributed by atoms with Gasteiger partial charge in [-0.25, -0.2) is 0 Å². The highest BCUT2D eigenvalue weighted by Crippen LogP contribution is 2.37. The Balaban J connectivity index is 2.03. The van der Waals surface area contributed by atoms with Gasteiger partial charge in [0.25, 0.3) is 0 Å². The summed E-state index contributed by atoms with van der Waals surface area (Å²) in [5.41, 5.74) is -1.18. The molecule has 25 heavy (non-hydrogen) atoms. The number of hydrogen-bond donors (Lipinski definition) is 2. The van der Waals surface area contributed by atoms with Crippen molar-refractivity contribution in [3.05, 3.63) is 35.9 Å². The van der Waals surface area contributed by atoms with E-state index in [9.17, 15) is 27.9 Å². The van der Waals surface area contributed by atoms with E-state index in [1.165, 1.54) is 24.3 Å². The molecule has 8 heteroatoms. The SMILES string of the molecule is O=C(CC(c1ccccc1)C(F)(F)F)NCC1(C(=O)O)CCOCC1. The molecule has 1 saturated heterocycles. The number of aliphatic carboxylic acids is 1. The zero-order valence-corrected chi connectivity index (χ0v) is 13.5. The average Bonchev–Trinajstić information content (AvgIpc) is 2.58. The maximum Gasteiger partial charge on any atom is 0.396 e. The van der Waals surface area contributed by atoms with Crippen LogP contribution in [0, 0.1) is 5.41 Å². The van der Waals surface area contributed by atoms with Gasteiger partial charge in [-0.2, -0.15) is 13.2 Å². The number of nitrogens with one attached hydrogen (secondary N) is 1. The van der Waals surface area contributed by atoms with Crippen LogP contribution in [0.3, 0.4) is 0 Å². The minimum absolute atomic E-state index is 0.00386. The largest absolute Gasteiger partial charge is 0.481 e. The smallest absolute Gasteiger partial charge is 0.396 e. The molecule has 1 aromatic rings. The lowest BCUT2D eigenvalue weighted by atomic mass is 9.80. The standard InChI is InChI=1S/C17H20F3NO4/c18-17(19,20)13(12-4-2-1-3-5-12)10-14(22)21-11-16(15(23)24)6-8-25-9-7-16/h1-5,13H,6-11H2,(H,21,22)(H,23,24). The van der Waals surface area contributed by atoms with Gasteiger partial charge in [0.2, 0.25) is 5.91 Å². The van der Waals surface area contributed by atoms with Crippen LogP contribution in [-0.4, -0.2) is 42.9 Å². The fourth-order valence-corrected chi connectivity index (χ4v) is 2.86. The quantitative estimate of drug-likeness (QED) is 0.819. The highest BCUT2D eigenvalue weighted by molar-refractivity contribution is 5.79. The van der Waals surface area contributed by atoms with Crippen molar-refractivity contribution >= 4 is 11.9 Å². The summed E-state index contributed by atoms with van der Waals surface area (Å²) in [6.07, 6.45) is -4.92. The molecular formula is C17H20F3NO4. The summed E-state index contributed by atoms with van der Waals surface area (Å²) in [7, 11) is 0. The predicted molar refractivity (Wildman–Crippen MR) is 83.0 cm³/mol. The zero-order valence-electron chi connectivity index (χ0n) is 13.5. The van der Waals surface area contributed by atoms with E-state index in [1.54, 1.807) is 6.07 Å². The Kier molecular flexibility index (Phi) is 6.05. The van der Waals surface area contributed by atoms with E-state index >= 15 is 0 Å². The summed E-state index contributed by atoms with van der Waals surface area (Å²) in [6, 6.07) is 7.20. The molecule has 138 valence electrons. The number of amides is 1. The van der Waals surface area contributed by atoms with Gasteiger partial charge in [0.15, 0.2) is 0 Å². The van der Waals surface area contributed by atoms with Crippen molar-refractivity contribution in [3.63, 3.8) is 0 Å². The number of carboxylic acid groups (broad SMARTS) is 1. The van der Waals surface area contributed by atoms with Crippen LogP contribution < -0.4 is 5.32 Å². The van der Waals surface area contributed by atoms with Crippen molar-refractivity contribution in [2.45, 2.75) is 31.4 Å². The van der Waals surface area contributed by atoms with Crippen LogP contribution in [0.15, 0.2) is 30.3 Å². The van der Waals surface area contributed by atoms with Crippen molar-refractivity contribution in [1.82, 2.24) is 5.32 Å². The molecule has 1 amide bonds. The van der Waals surface area contributed by atoms with Crippen LogP contribution in [0.5, 0.6) is 0 Å². The third-order valence-corrected chi connectivity index (χ3v) is 4.51. The Morgan fingerprint density at radius 3 is 2.32 bits per heavy atom. The highest BCUT2D eigenvalue weighted by atomic mass is 19.4. The molecule has 0 aromatic heterocycles. The summed E-state index contributed by atoms with van der Waals surface area (Å²) in [6.45, 7) is 0.290. The second-order valence-corrected chi connectivity index (χ2v) is 6.18. The Bertz CT molecular complexity index is 598. The van der Waals surface area contributed by atoms with Gasteiger partial charge >= 0.3 is 12.1 Å². The van der Waals surface area contributed by atoms with Crippen molar-refractivity contribution < 1.29 is 32.6 Å². The molecule has 1 aliphatic rings. The first kappa shape index (κ1) is 19.2. The molecular weight excluding hydrogens is 339 g/mol. The number of carbonyl (C=O) groups excluding carboxylic acids is 1. The lowest BCUT2D eigenvalue weighted by Gasteiger charge is -2.33. The third-order valence-electron chi connectivity index (χ3n) is 4.51. The van der Waals surface area contributed by atoms with Gasteiger partial charge in [0.1, 0.15) is 0 Å². The second kappa shape index (κ2) is 7.86. The van der Waals surface area contributed by atoms with E-state index in [4.69, 9.17) is 4.74 Å². The first-order valence-electron chi connectivity index (χ1n) is 7.94. The van der Waals surface area contributed by atoms with Crippen LogP contribution in [0.25, 0.3) is 0 Å².